The molecule has 1 aromatic carbocycles. The largest absolute Gasteiger partial charge is 0.497 e. The second kappa shape index (κ2) is 7.84. The Morgan fingerprint density at radius 1 is 1.09 bits per heavy atom. The van der Waals surface area contributed by atoms with Crippen molar-refractivity contribution in [3.8, 4) is 11.5 Å². The van der Waals surface area contributed by atoms with Crippen LogP contribution in [0, 0.1) is 0 Å². The van der Waals surface area contributed by atoms with E-state index in [1.54, 1.807) is 14.2 Å². The predicted molar refractivity (Wildman–Crippen MR) is 95.5 cm³/mol. The van der Waals surface area contributed by atoms with Crippen molar-refractivity contribution in [3.05, 3.63) is 46.2 Å². The van der Waals surface area contributed by atoms with Crippen LogP contribution in [-0.4, -0.2) is 25.7 Å². The van der Waals surface area contributed by atoms with Gasteiger partial charge >= 0.3 is 0 Å². The number of benzene rings is 1. The van der Waals surface area contributed by atoms with Crippen LogP contribution in [0.2, 0.25) is 0 Å². The van der Waals surface area contributed by atoms with Crippen molar-refractivity contribution in [3.63, 3.8) is 0 Å². The van der Waals surface area contributed by atoms with E-state index >= 15 is 0 Å². The Labute approximate surface area is 142 Å². The molecule has 0 aliphatic carbocycles. The monoisotopic (exact) mass is 331 g/mol. The third kappa shape index (κ3) is 4.06. The standard InChI is InChI=1S/C19H25NO2S/c1-21-16-11-15(12-17(13-16)22-2)14-20-9-5-3-4-7-18(20)19-8-6-10-23-19/h6,8,10-13,18H,3-5,7,9,14H2,1-2H3/t18-/m1/s1. The van der Waals surface area contributed by atoms with Gasteiger partial charge in [0.15, 0.2) is 0 Å². The molecule has 1 aromatic heterocycles. The summed E-state index contributed by atoms with van der Waals surface area (Å²) in [5.41, 5.74) is 1.25. The molecule has 1 aliphatic heterocycles. The SMILES string of the molecule is COc1cc(CN2CCCCC[C@@H]2c2cccs2)cc(OC)c1. The van der Waals surface area contributed by atoms with Gasteiger partial charge in [0.05, 0.1) is 14.2 Å². The first kappa shape index (κ1) is 16.3. The van der Waals surface area contributed by atoms with Crippen molar-refractivity contribution in [2.24, 2.45) is 0 Å². The zero-order chi connectivity index (χ0) is 16.1. The van der Waals surface area contributed by atoms with Gasteiger partial charge in [0, 0.05) is 23.5 Å². The van der Waals surface area contributed by atoms with Crippen LogP contribution in [0.25, 0.3) is 0 Å². The molecule has 3 nitrogen and oxygen atoms in total. The molecule has 1 saturated heterocycles. The lowest BCUT2D eigenvalue weighted by molar-refractivity contribution is 0.195. The van der Waals surface area contributed by atoms with Crippen LogP contribution in [0.3, 0.4) is 0 Å². The Morgan fingerprint density at radius 2 is 1.87 bits per heavy atom. The van der Waals surface area contributed by atoms with Crippen molar-refractivity contribution in [1.29, 1.82) is 0 Å². The van der Waals surface area contributed by atoms with Gasteiger partial charge in [-0.3, -0.25) is 4.90 Å². The van der Waals surface area contributed by atoms with Crippen molar-refractivity contribution < 1.29 is 9.47 Å². The van der Waals surface area contributed by atoms with E-state index in [0.717, 1.165) is 24.6 Å². The van der Waals surface area contributed by atoms with Crippen molar-refractivity contribution in [1.82, 2.24) is 4.90 Å². The fourth-order valence-corrected chi connectivity index (χ4v) is 4.25. The molecule has 0 radical (unpaired) electrons. The smallest absolute Gasteiger partial charge is 0.122 e. The first-order valence-corrected chi connectivity index (χ1v) is 9.17. The molecule has 1 fully saturated rings. The van der Waals surface area contributed by atoms with E-state index in [-0.39, 0.29) is 0 Å². The number of thiophene rings is 1. The third-order valence-corrected chi connectivity index (χ3v) is 5.51. The summed E-state index contributed by atoms with van der Waals surface area (Å²) in [7, 11) is 3.41. The summed E-state index contributed by atoms with van der Waals surface area (Å²) in [5, 5.41) is 2.19. The average Bonchev–Trinajstić information content (AvgIpc) is 3.02. The minimum Gasteiger partial charge on any atom is -0.497 e. The summed E-state index contributed by atoms with van der Waals surface area (Å²) in [4.78, 5) is 4.11. The zero-order valence-corrected chi connectivity index (χ0v) is 14.8. The number of likely N-dealkylation sites (tertiary alicyclic amines) is 1. The Hall–Kier alpha value is -1.52. The summed E-state index contributed by atoms with van der Waals surface area (Å²) >= 11 is 1.88. The van der Waals surface area contributed by atoms with Gasteiger partial charge in [-0.2, -0.15) is 0 Å². The third-order valence-electron chi connectivity index (χ3n) is 4.53. The lowest BCUT2D eigenvalue weighted by atomic mass is 10.1. The van der Waals surface area contributed by atoms with E-state index in [0.29, 0.717) is 6.04 Å². The van der Waals surface area contributed by atoms with E-state index in [1.165, 1.54) is 36.1 Å². The van der Waals surface area contributed by atoms with Crippen LogP contribution in [-0.2, 0) is 6.54 Å². The number of ether oxygens (including phenoxy) is 2. The molecule has 0 amide bonds. The Morgan fingerprint density at radius 3 is 2.52 bits per heavy atom. The van der Waals surface area contributed by atoms with Crippen molar-refractivity contribution in [2.45, 2.75) is 38.3 Å². The first-order chi connectivity index (χ1) is 11.3. The Bertz CT molecular complexity index is 590. The highest BCUT2D eigenvalue weighted by Gasteiger charge is 2.23. The second-order valence-corrected chi connectivity index (χ2v) is 7.05. The second-order valence-electron chi connectivity index (χ2n) is 6.07. The van der Waals surface area contributed by atoms with Gasteiger partial charge in [-0.25, -0.2) is 0 Å². The first-order valence-electron chi connectivity index (χ1n) is 8.29. The van der Waals surface area contributed by atoms with E-state index < -0.39 is 0 Å². The lowest BCUT2D eigenvalue weighted by Crippen LogP contribution is -2.27. The summed E-state index contributed by atoms with van der Waals surface area (Å²) in [6, 6.07) is 11.2. The molecule has 2 aromatic rings. The maximum atomic E-state index is 5.41. The molecule has 124 valence electrons. The highest BCUT2D eigenvalue weighted by molar-refractivity contribution is 7.10. The number of hydrogen-bond acceptors (Lipinski definition) is 4. The zero-order valence-electron chi connectivity index (χ0n) is 14.0. The maximum Gasteiger partial charge on any atom is 0.122 e. The van der Waals surface area contributed by atoms with Crippen LogP contribution in [0.4, 0.5) is 0 Å². The fraction of sp³-hybridized carbons (Fsp3) is 0.474. The quantitative estimate of drug-likeness (QED) is 0.779. The molecule has 3 rings (SSSR count). The summed E-state index contributed by atoms with van der Waals surface area (Å²) in [6.45, 7) is 2.10. The van der Waals surface area contributed by atoms with Crippen LogP contribution in [0.15, 0.2) is 35.7 Å². The Balaban J connectivity index is 1.83. The molecule has 2 heterocycles. The summed E-state index contributed by atoms with van der Waals surface area (Å²) in [5.74, 6) is 1.73. The minimum atomic E-state index is 0.537. The number of rotatable bonds is 5. The molecule has 0 spiro atoms. The molecule has 1 atom stereocenters. The van der Waals surface area contributed by atoms with E-state index in [4.69, 9.17) is 9.47 Å². The van der Waals surface area contributed by atoms with Crippen molar-refractivity contribution >= 4 is 11.3 Å². The number of nitrogens with zero attached hydrogens (tertiary/aromatic N) is 1. The molecule has 0 N–H and O–H groups in total. The topological polar surface area (TPSA) is 21.7 Å². The fourth-order valence-electron chi connectivity index (χ4n) is 3.35. The van der Waals surface area contributed by atoms with E-state index in [2.05, 4.69) is 34.5 Å². The van der Waals surface area contributed by atoms with Gasteiger partial charge in [-0.05, 0) is 48.5 Å². The van der Waals surface area contributed by atoms with Gasteiger partial charge in [0.1, 0.15) is 11.5 Å². The number of hydrogen-bond donors (Lipinski definition) is 0. The van der Waals surface area contributed by atoms with Gasteiger partial charge in [0.2, 0.25) is 0 Å². The van der Waals surface area contributed by atoms with Gasteiger partial charge in [-0.1, -0.05) is 18.9 Å². The highest BCUT2D eigenvalue weighted by atomic mass is 32.1. The molecule has 4 heteroatoms. The Kier molecular flexibility index (Phi) is 5.57. The normalized spacial score (nSPS) is 19.3. The van der Waals surface area contributed by atoms with Gasteiger partial charge < -0.3 is 9.47 Å². The number of methoxy groups -OCH3 is 2. The van der Waals surface area contributed by atoms with Crippen LogP contribution in [0.1, 0.15) is 42.2 Å². The van der Waals surface area contributed by atoms with E-state index in [9.17, 15) is 0 Å². The molecule has 0 saturated carbocycles. The molecular formula is C19H25NO2S. The molecule has 0 unspecified atom stereocenters. The van der Waals surface area contributed by atoms with Crippen LogP contribution in [0.5, 0.6) is 11.5 Å². The van der Waals surface area contributed by atoms with Gasteiger partial charge in [0.25, 0.3) is 0 Å². The molecule has 1 aliphatic rings. The minimum absolute atomic E-state index is 0.537. The van der Waals surface area contributed by atoms with Crippen LogP contribution >= 0.6 is 11.3 Å². The van der Waals surface area contributed by atoms with Gasteiger partial charge in [-0.15, -0.1) is 11.3 Å². The summed E-state index contributed by atoms with van der Waals surface area (Å²) in [6.07, 6.45) is 5.19. The highest BCUT2D eigenvalue weighted by Crippen LogP contribution is 2.34. The van der Waals surface area contributed by atoms with E-state index in [1.807, 2.05) is 17.4 Å². The molecule has 23 heavy (non-hydrogen) atoms. The lowest BCUT2D eigenvalue weighted by Gasteiger charge is -2.29. The van der Waals surface area contributed by atoms with Crippen LogP contribution < -0.4 is 9.47 Å². The molecule has 0 bridgehead atoms. The molecular weight excluding hydrogens is 306 g/mol. The predicted octanol–water partition coefficient (Wildman–Crippen LogP) is 4.88. The summed E-state index contributed by atoms with van der Waals surface area (Å²) < 4.78 is 10.8. The van der Waals surface area contributed by atoms with Crippen molar-refractivity contribution in [2.75, 3.05) is 20.8 Å². The average molecular weight is 331 g/mol. The maximum absolute atomic E-state index is 5.41.